The minimum absolute atomic E-state index is 0.194. The van der Waals surface area contributed by atoms with E-state index in [0.29, 0.717) is 5.56 Å². The summed E-state index contributed by atoms with van der Waals surface area (Å²) >= 11 is 5.96. The first-order valence-electron chi connectivity index (χ1n) is 6.02. The Morgan fingerprint density at radius 2 is 2.05 bits per heavy atom. The lowest BCUT2D eigenvalue weighted by atomic mass is 10.0. The second-order valence-corrected chi connectivity index (χ2v) is 4.91. The molecule has 0 aromatic heterocycles. The maximum atomic E-state index is 13.2. The van der Waals surface area contributed by atoms with Crippen molar-refractivity contribution >= 4 is 23.1 Å². The molecule has 0 spiro atoms. The lowest BCUT2D eigenvalue weighted by molar-refractivity contribution is 0.103. The average molecular weight is 276 g/mol. The van der Waals surface area contributed by atoms with Crippen LogP contribution >= 0.6 is 11.6 Å². The van der Waals surface area contributed by atoms with Crippen LogP contribution in [0.5, 0.6) is 0 Å². The van der Waals surface area contributed by atoms with Crippen LogP contribution in [0.4, 0.5) is 10.1 Å². The van der Waals surface area contributed by atoms with Crippen LogP contribution in [0.3, 0.4) is 0 Å². The first-order valence-corrected chi connectivity index (χ1v) is 6.39. The van der Waals surface area contributed by atoms with Gasteiger partial charge in [0, 0.05) is 23.4 Å². The molecule has 0 unspecified atom stereocenters. The standard InChI is InChI=1S/C15H11ClFNO/c16-13-4-3-11(17)8-12(13)15(19)10-2-1-9-5-6-18-14(9)7-10/h1-4,7-8,18H,5-6H2. The molecule has 3 rings (SSSR count). The molecule has 0 aliphatic carbocycles. The lowest BCUT2D eigenvalue weighted by Crippen LogP contribution is -2.03. The molecule has 1 aliphatic rings. The fourth-order valence-electron chi connectivity index (χ4n) is 2.26. The first-order chi connectivity index (χ1) is 9.15. The van der Waals surface area contributed by atoms with Gasteiger partial charge in [-0.2, -0.15) is 0 Å². The number of carbonyl (C=O) groups is 1. The smallest absolute Gasteiger partial charge is 0.194 e. The van der Waals surface area contributed by atoms with Gasteiger partial charge < -0.3 is 5.32 Å². The normalized spacial score (nSPS) is 12.9. The van der Waals surface area contributed by atoms with Gasteiger partial charge in [-0.1, -0.05) is 23.7 Å². The Bertz CT molecular complexity index is 669. The van der Waals surface area contributed by atoms with E-state index in [1.54, 1.807) is 12.1 Å². The molecule has 0 amide bonds. The molecule has 0 saturated heterocycles. The van der Waals surface area contributed by atoms with Crippen molar-refractivity contribution in [1.29, 1.82) is 0 Å². The summed E-state index contributed by atoms with van der Waals surface area (Å²) in [5, 5.41) is 3.48. The largest absolute Gasteiger partial charge is 0.384 e. The highest BCUT2D eigenvalue weighted by molar-refractivity contribution is 6.35. The van der Waals surface area contributed by atoms with Crippen molar-refractivity contribution in [3.05, 3.63) is 63.9 Å². The van der Waals surface area contributed by atoms with Crippen molar-refractivity contribution in [2.75, 3.05) is 11.9 Å². The number of ketones is 1. The summed E-state index contributed by atoms with van der Waals surface area (Å²) in [6, 6.07) is 9.29. The molecule has 2 aromatic carbocycles. The Morgan fingerprint density at radius 3 is 2.89 bits per heavy atom. The molecule has 19 heavy (non-hydrogen) atoms. The third-order valence-corrected chi connectivity index (χ3v) is 3.58. The van der Waals surface area contributed by atoms with Crippen molar-refractivity contribution in [3.8, 4) is 0 Å². The van der Waals surface area contributed by atoms with Gasteiger partial charge in [-0.15, -0.1) is 0 Å². The number of anilines is 1. The minimum Gasteiger partial charge on any atom is -0.384 e. The van der Waals surface area contributed by atoms with E-state index >= 15 is 0 Å². The van der Waals surface area contributed by atoms with Gasteiger partial charge >= 0.3 is 0 Å². The van der Waals surface area contributed by atoms with Gasteiger partial charge in [0.05, 0.1) is 5.02 Å². The van der Waals surface area contributed by atoms with Gasteiger partial charge in [0.1, 0.15) is 5.82 Å². The second kappa shape index (κ2) is 4.67. The van der Waals surface area contributed by atoms with Crippen LogP contribution < -0.4 is 5.32 Å². The topological polar surface area (TPSA) is 29.1 Å². The molecule has 4 heteroatoms. The predicted octanol–water partition coefficient (Wildman–Crippen LogP) is 3.68. The summed E-state index contributed by atoms with van der Waals surface area (Å²) in [6.07, 6.45) is 0.963. The Labute approximate surface area is 115 Å². The minimum atomic E-state index is -0.466. The van der Waals surface area contributed by atoms with Crippen LogP contribution in [0.2, 0.25) is 5.02 Å². The molecule has 0 bridgehead atoms. The third kappa shape index (κ3) is 2.22. The van der Waals surface area contributed by atoms with Gasteiger partial charge in [-0.25, -0.2) is 4.39 Å². The number of halogens is 2. The molecule has 0 saturated carbocycles. The number of fused-ring (bicyclic) bond motifs is 1. The van der Waals surface area contributed by atoms with Gasteiger partial charge in [0.2, 0.25) is 0 Å². The van der Waals surface area contributed by atoms with E-state index in [1.807, 2.05) is 6.07 Å². The highest BCUT2D eigenvalue weighted by Crippen LogP contribution is 2.26. The van der Waals surface area contributed by atoms with Gasteiger partial charge in [0.25, 0.3) is 0 Å². The predicted molar refractivity (Wildman–Crippen MR) is 73.5 cm³/mol. The molecular weight excluding hydrogens is 265 g/mol. The van der Waals surface area contributed by atoms with E-state index in [2.05, 4.69) is 5.32 Å². The van der Waals surface area contributed by atoms with E-state index < -0.39 is 5.82 Å². The van der Waals surface area contributed by atoms with Crippen LogP contribution in [-0.4, -0.2) is 12.3 Å². The van der Waals surface area contributed by atoms with Crippen molar-refractivity contribution in [2.24, 2.45) is 0 Å². The highest BCUT2D eigenvalue weighted by atomic mass is 35.5. The van der Waals surface area contributed by atoms with E-state index in [0.717, 1.165) is 18.7 Å². The number of hydrogen-bond donors (Lipinski definition) is 1. The van der Waals surface area contributed by atoms with Gasteiger partial charge in [-0.05, 0) is 36.2 Å². The second-order valence-electron chi connectivity index (χ2n) is 4.50. The molecule has 0 fully saturated rings. The van der Waals surface area contributed by atoms with Crippen molar-refractivity contribution < 1.29 is 9.18 Å². The van der Waals surface area contributed by atoms with Crippen molar-refractivity contribution in [3.63, 3.8) is 0 Å². The maximum Gasteiger partial charge on any atom is 0.194 e. The Hall–Kier alpha value is -1.87. The van der Waals surface area contributed by atoms with Crippen LogP contribution in [0.1, 0.15) is 21.5 Å². The molecular formula is C15H11ClFNO. The van der Waals surface area contributed by atoms with E-state index in [-0.39, 0.29) is 16.4 Å². The van der Waals surface area contributed by atoms with Gasteiger partial charge in [0.15, 0.2) is 5.78 Å². The van der Waals surface area contributed by atoms with Crippen LogP contribution in [0.15, 0.2) is 36.4 Å². The number of rotatable bonds is 2. The molecule has 96 valence electrons. The Kier molecular flexibility index (Phi) is 2.99. The van der Waals surface area contributed by atoms with E-state index in [1.165, 1.54) is 23.8 Å². The monoisotopic (exact) mass is 275 g/mol. The van der Waals surface area contributed by atoms with Crippen LogP contribution in [-0.2, 0) is 6.42 Å². The summed E-state index contributed by atoms with van der Waals surface area (Å²) in [7, 11) is 0. The fraction of sp³-hybridized carbons (Fsp3) is 0.133. The Morgan fingerprint density at radius 1 is 1.21 bits per heavy atom. The zero-order valence-corrected chi connectivity index (χ0v) is 10.8. The van der Waals surface area contributed by atoms with Crippen LogP contribution in [0, 0.1) is 5.82 Å². The summed E-state index contributed by atoms with van der Waals surface area (Å²) in [6.45, 7) is 0.883. The van der Waals surface area contributed by atoms with Crippen molar-refractivity contribution in [1.82, 2.24) is 0 Å². The Balaban J connectivity index is 2.02. The lowest BCUT2D eigenvalue weighted by Gasteiger charge is -2.06. The zero-order valence-electron chi connectivity index (χ0n) is 10.0. The van der Waals surface area contributed by atoms with Crippen molar-refractivity contribution in [2.45, 2.75) is 6.42 Å². The summed E-state index contributed by atoms with van der Waals surface area (Å²) in [5.41, 5.74) is 2.88. The zero-order chi connectivity index (χ0) is 13.4. The number of hydrogen-bond acceptors (Lipinski definition) is 2. The average Bonchev–Trinajstić information content (AvgIpc) is 2.88. The first kappa shape index (κ1) is 12.2. The summed E-state index contributed by atoms with van der Waals surface area (Å²) in [5.74, 6) is -0.729. The van der Waals surface area contributed by atoms with Crippen LogP contribution in [0.25, 0.3) is 0 Å². The third-order valence-electron chi connectivity index (χ3n) is 3.25. The highest BCUT2D eigenvalue weighted by Gasteiger charge is 2.17. The fourth-order valence-corrected chi connectivity index (χ4v) is 2.46. The summed E-state index contributed by atoms with van der Waals surface area (Å²) in [4.78, 5) is 12.3. The molecule has 2 aromatic rings. The number of benzene rings is 2. The number of nitrogens with one attached hydrogen (secondary N) is 1. The maximum absolute atomic E-state index is 13.2. The molecule has 1 aliphatic heterocycles. The molecule has 0 radical (unpaired) electrons. The van der Waals surface area contributed by atoms with E-state index in [4.69, 9.17) is 11.6 Å². The number of carbonyl (C=O) groups excluding carboxylic acids is 1. The molecule has 0 atom stereocenters. The molecule has 2 nitrogen and oxygen atoms in total. The van der Waals surface area contributed by atoms with Gasteiger partial charge in [-0.3, -0.25) is 4.79 Å². The van der Waals surface area contributed by atoms with E-state index in [9.17, 15) is 9.18 Å². The quantitative estimate of drug-likeness (QED) is 0.847. The SMILES string of the molecule is O=C(c1ccc2c(c1)NCC2)c1cc(F)ccc1Cl. The molecule has 1 heterocycles. The molecule has 1 N–H and O–H groups in total. The summed E-state index contributed by atoms with van der Waals surface area (Å²) < 4.78 is 13.2.